The molecule has 274 valence electrons. The average molecular weight is 744 g/mol. The number of aromatic nitrogens is 3. The lowest BCUT2D eigenvalue weighted by atomic mass is 9.87. The van der Waals surface area contributed by atoms with Gasteiger partial charge in [0.05, 0.1) is 33.6 Å². The summed E-state index contributed by atoms with van der Waals surface area (Å²) in [6, 6.07) is 58.3. The Morgan fingerprint density at radius 3 is 1.95 bits per heavy atom. The third kappa shape index (κ3) is 5.29. The molecular weight excluding hydrogens is 707 g/mol. The second-order valence-corrected chi connectivity index (χ2v) is 15.6. The Kier molecular flexibility index (Phi) is 7.45. The van der Waals surface area contributed by atoms with Gasteiger partial charge in [-0.05, 0) is 66.3 Å². The second-order valence-electron chi connectivity index (χ2n) is 15.6. The molecule has 2 aliphatic rings. The monoisotopic (exact) mass is 743 g/mol. The van der Waals surface area contributed by atoms with E-state index >= 15 is 0 Å². The number of fused-ring (bicyclic) bond motifs is 9. The van der Waals surface area contributed by atoms with E-state index in [9.17, 15) is 0 Å². The first-order valence-corrected chi connectivity index (χ1v) is 20.2. The molecular formula is C54H37N3O. The Hall–Kier alpha value is -7.30. The zero-order valence-electron chi connectivity index (χ0n) is 31.8. The van der Waals surface area contributed by atoms with Gasteiger partial charge in [-0.25, -0.2) is 9.97 Å². The number of allylic oxidation sites excluding steroid dienone is 1. The first kappa shape index (κ1) is 32.9. The van der Waals surface area contributed by atoms with Crippen LogP contribution in [0.2, 0.25) is 0 Å². The number of hydrogen-bond donors (Lipinski definition) is 0. The number of benzene rings is 6. The van der Waals surface area contributed by atoms with Crippen molar-refractivity contribution >= 4 is 61.5 Å². The van der Waals surface area contributed by atoms with E-state index in [-0.39, 0.29) is 0 Å². The molecule has 6 aromatic carbocycles. The van der Waals surface area contributed by atoms with Crippen LogP contribution in [-0.4, -0.2) is 14.5 Å². The van der Waals surface area contributed by atoms with Gasteiger partial charge in [-0.15, -0.1) is 0 Å². The number of furan rings is 1. The zero-order valence-corrected chi connectivity index (χ0v) is 31.8. The maximum Gasteiger partial charge on any atom is 0.154 e. The van der Waals surface area contributed by atoms with E-state index in [1.165, 1.54) is 49.8 Å². The van der Waals surface area contributed by atoms with Crippen molar-refractivity contribution in [2.45, 2.75) is 25.2 Å². The van der Waals surface area contributed by atoms with E-state index in [1.807, 2.05) is 6.07 Å². The number of hydrogen-bond acceptors (Lipinski definition) is 3. The fraction of sp³-hybridized carbons (Fsp3) is 0.0741. The largest absolute Gasteiger partial charge is 0.454 e. The predicted molar refractivity (Wildman–Crippen MR) is 239 cm³/mol. The fourth-order valence-corrected chi connectivity index (χ4v) is 9.36. The fourth-order valence-electron chi connectivity index (χ4n) is 9.36. The number of pyridine rings is 2. The van der Waals surface area contributed by atoms with Gasteiger partial charge in [-0.1, -0.05) is 152 Å². The third-order valence-electron chi connectivity index (χ3n) is 12.2. The van der Waals surface area contributed by atoms with Gasteiger partial charge in [-0.3, -0.25) is 0 Å². The van der Waals surface area contributed by atoms with Gasteiger partial charge in [0.15, 0.2) is 5.42 Å². The van der Waals surface area contributed by atoms with E-state index in [0.717, 1.165) is 80.0 Å². The molecule has 0 spiro atoms. The van der Waals surface area contributed by atoms with Gasteiger partial charge in [0.25, 0.3) is 0 Å². The maximum atomic E-state index is 7.03. The lowest BCUT2D eigenvalue weighted by molar-refractivity contribution is 0.562. The average Bonchev–Trinajstić information content (AvgIpc) is 3.84. The van der Waals surface area contributed by atoms with Gasteiger partial charge in [0.2, 0.25) is 0 Å². The van der Waals surface area contributed by atoms with Crippen LogP contribution in [0.4, 0.5) is 0 Å². The Bertz CT molecular complexity index is 3410. The second kappa shape index (κ2) is 13.1. The summed E-state index contributed by atoms with van der Waals surface area (Å²) < 4.78 is 9.58. The minimum atomic E-state index is 0.297. The van der Waals surface area contributed by atoms with Gasteiger partial charge in [0.1, 0.15) is 5.58 Å². The highest BCUT2D eigenvalue weighted by molar-refractivity contribution is 6.04. The minimum Gasteiger partial charge on any atom is -0.454 e. The molecule has 58 heavy (non-hydrogen) atoms. The zero-order chi connectivity index (χ0) is 38.2. The molecule has 1 unspecified atom stereocenters. The highest BCUT2D eigenvalue weighted by atomic mass is 16.3. The van der Waals surface area contributed by atoms with E-state index in [2.05, 4.69) is 181 Å². The Morgan fingerprint density at radius 1 is 0.569 bits per heavy atom. The maximum absolute atomic E-state index is 7.03. The first-order chi connectivity index (χ1) is 28.7. The predicted octanol–water partition coefficient (Wildman–Crippen LogP) is 12.1. The van der Waals surface area contributed by atoms with Gasteiger partial charge in [0, 0.05) is 55.1 Å². The Labute approximate surface area is 335 Å². The van der Waals surface area contributed by atoms with E-state index < -0.39 is 0 Å². The van der Waals surface area contributed by atoms with Crippen LogP contribution in [0.5, 0.6) is 0 Å². The van der Waals surface area contributed by atoms with Crippen LogP contribution in [0.25, 0.3) is 95.2 Å². The molecule has 2 aliphatic carbocycles. The lowest BCUT2D eigenvalue weighted by Gasteiger charge is -2.22. The van der Waals surface area contributed by atoms with Gasteiger partial charge in [-0.2, -0.15) is 0 Å². The van der Waals surface area contributed by atoms with Crippen molar-refractivity contribution in [2.24, 2.45) is 0 Å². The number of rotatable bonds is 5. The summed E-state index contributed by atoms with van der Waals surface area (Å²) in [6.07, 6.45) is 9.87. The summed E-state index contributed by atoms with van der Waals surface area (Å²) in [5, 5.41) is 5.73. The number of nitrogens with zero attached hydrogens (tertiary/aromatic N) is 3. The van der Waals surface area contributed by atoms with Gasteiger partial charge < -0.3 is 8.98 Å². The van der Waals surface area contributed by atoms with E-state index in [4.69, 9.17) is 14.4 Å². The molecule has 0 radical (unpaired) electrons. The van der Waals surface area contributed by atoms with Crippen LogP contribution in [0.3, 0.4) is 0 Å². The van der Waals surface area contributed by atoms with Crippen molar-refractivity contribution in [1.82, 2.24) is 14.5 Å². The summed E-state index contributed by atoms with van der Waals surface area (Å²) in [5.74, 6) is 0.297. The van der Waals surface area contributed by atoms with Crippen molar-refractivity contribution in [3.8, 4) is 33.6 Å². The Morgan fingerprint density at radius 2 is 1.21 bits per heavy atom. The molecule has 0 N–H and O–H groups in total. The highest BCUT2D eigenvalue weighted by Crippen LogP contribution is 2.40. The van der Waals surface area contributed by atoms with Crippen LogP contribution >= 0.6 is 0 Å². The molecule has 1 atom stereocenters. The normalized spacial score (nSPS) is 14.9. The summed E-state index contributed by atoms with van der Waals surface area (Å²) in [7, 11) is 0. The molecule has 4 heteroatoms. The Balaban J connectivity index is 1.03. The molecule has 4 heterocycles. The first-order valence-electron chi connectivity index (χ1n) is 20.2. The molecule has 0 saturated heterocycles. The SMILES string of the molecule is C1=CC(c2ccccc2)Cc2c1c1ccc(-c3ccccc3)cc1n2C1=c2oc3cc(-c4ccc5ccc6ccc(-c7ccccc7)nc6c5n4)ccc3c2=CCC1. The van der Waals surface area contributed by atoms with Crippen LogP contribution in [0.15, 0.2) is 174 Å². The van der Waals surface area contributed by atoms with Crippen LogP contribution < -0.4 is 10.6 Å². The van der Waals surface area contributed by atoms with E-state index in [0.29, 0.717) is 5.92 Å². The van der Waals surface area contributed by atoms with Crippen LogP contribution in [0, 0.1) is 0 Å². The topological polar surface area (TPSA) is 43.9 Å². The highest BCUT2D eigenvalue weighted by Gasteiger charge is 2.27. The summed E-state index contributed by atoms with van der Waals surface area (Å²) in [6.45, 7) is 0. The third-order valence-corrected chi connectivity index (χ3v) is 12.2. The molecule has 10 aromatic rings. The van der Waals surface area contributed by atoms with Crippen molar-refractivity contribution in [3.63, 3.8) is 0 Å². The molecule has 0 amide bonds. The summed E-state index contributed by atoms with van der Waals surface area (Å²) >= 11 is 0. The minimum absolute atomic E-state index is 0.297. The van der Waals surface area contributed by atoms with E-state index in [1.54, 1.807) is 0 Å². The molecule has 0 fully saturated rings. The van der Waals surface area contributed by atoms with Gasteiger partial charge >= 0.3 is 0 Å². The molecule has 0 saturated carbocycles. The molecule has 4 aromatic heterocycles. The summed E-state index contributed by atoms with van der Waals surface area (Å²) in [4.78, 5) is 10.4. The van der Waals surface area contributed by atoms with Crippen molar-refractivity contribution in [3.05, 3.63) is 197 Å². The molecule has 12 rings (SSSR count). The van der Waals surface area contributed by atoms with Crippen molar-refractivity contribution in [1.29, 1.82) is 0 Å². The molecule has 0 aliphatic heterocycles. The van der Waals surface area contributed by atoms with Crippen LogP contribution in [0.1, 0.15) is 35.6 Å². The quantitative estimate of drug-likeness (QED) is 0.165. The van der Waals surface area contributed by atoms with Crippen molar-refractivity contribution in [2.75, 3.05) is 0 Å². The molecule has 4 nitrogen and oxygen atoms in total. The van der Waals surface area contributed by atoms with Crippen molar-refractivity contribution < 1.29 is 4.42 Å². The smallest absolute Gasteiger partial charge is 0.154 e. The standard InChI is InChI=1S/C54H37N3O/c1-4-11-34(12-5-1)39-21-26-42-43-27-22-40(35-13-6-2-7-14-35)32-50(43)57(49(42)31-39)48-18-10-17-45-44-28-23-41(33-51(44)58-54(45)48)47-30-25-38-20-19-37-24-29-46(36-15-8-3-9-16-36)55-52(37)53(38)56-47/h1-9,11-17,19-31,33,40H,10,18,32H2. The lowest BCUT2D eigenvalue weighted by Crippen LogP contribution is -2.29. The summed E-state index contributed by atoms with van der Waals surface area (Å²) in [5.41, 5.74) is 16.5. The molecule has 0 bridgehead atoms. The van der Waals surface area contributed by atoms with Crippen LogP contribution in [-0.2, 0) is 6.42 Å².